The van der Waals surface area contributed by atoms with Gasteiger partial charge in [0.15, 0.2) is 0 Å². The van der Waals surface area contributed by atoms with Gasteiger partial charge in [-0.3, -0.25) is 0 Å². The molecule has 1 aromatic heterocycles. The molecule has 2 heterocycles. The molecule has 3 rings (SSSR count). The molecule has 0 saturated carbocycles. The highest BCUT2D eigenvalue weighted by molar-refractivity contribution is 7.13. The van der Waals surface area contributed by atoms with Gasteiger partial charge in [0.05, 0.1) is 5.69 Å². The van der Waals surface area contributed by atoms with Crippen molar-refractivity contribution in [2.24, 2.45) is 5.92 Å². The van der Waals surface area contributed by atoms with E-state index in [0.29, 0.717) is 5.92 Å². The fourth-order valence-electron chi connectivity index (χ4n) is 2.45. The second kappa shape index (κ2) is 7.11. The molecule has 0 amide bonds. The Morgan fingerprint density at radius 1 is 1.33 bits per heavy atom. The van der Waals surface area contributed by atoms with Crippen LogP contribution in [0.25, 0.3) is 10.6 Å². The van der Waals surface area contributed by atoms with E-state index in [9.17, 15) is 4.39 Å². The molecule has 1 aliphatic heterocycles. The smallest absolute Gasteiger partial charge is 0.123 e. The van der Waals surface area contributed by atoms with Crippen LogP contribution in [0.2, 0.25) is 0 Å². The Balaban J connectivity index is 1.47. The van der Waals surface area contributed by atoms with Crippen LogP contribution in [0.3, 0.4) is 0 Å². The third-order valence-corrected chi connectivity index (χ3v) is 4.64. The number of nitrogens with one attached hydrogen (secondary N) is 1. The fraction of sp³-hybridized carbons (Fsp3) is 0.438. The highest BCUT2D eigenvalue weighted by atomic mass is 32.1. The molecule has 21 heavy (non-hydrogen) atoms. The van der Waals surface area contributed by atoms with Crippen molar-refractivity contribution < 1.29 is 9.13 Å². The van der Waals surface area contributed by atoms with Crippen molar-refractivity contribution in [2.45, 2.75) is 19.4 Å². The zero-order chi connectivity index (χ0) is 14.5. The van der Waals surface area contributed by atoms with Gasteiger partial charge in [-0.2, -0.15) is 0 Å². The first kappa shape index (κ1) is 14.6. The maximum absolute atomic E-state index is 12.9. The average Bonchev–Trinajstić information content (AvgIpc) is 3.16. The van der Waals surface area contributed by atoms with Gasteiger partial charge in [0.25, 0.3) is 0 Å². The van der Waals surface area contributed by atoms with Crippen molar-refractivity contribution in [3.8, 4) is 10.6 Å². The van der Waals surface area contributed by atoms with Crippen molar-refractivity contribution in [1.82, 2.24) is 10.3 Å². The Labute approximate surface area is 128 Å². The van der Waals surface area contributed by atoms with Gasteiger partial charge in [0.2, 0.25) is 0 Å². The standard InChI is InChI=1S/C16H19FN2OS/c17-14-3-1-13(2-4-14)16-19-15(11-21-16)9-18-7-5-12-6-8-20-10-12/h1-4,11-12,18H,5-10H2. The predicted molar refractivity (Wildman–Crippen MR) is 82.8 cm³/mol. The third-order valence-electron chi connectivity index (χ3n) is 3.70. The molecule has 1 N–H and O–H groups in total. The fourth-order valence-corrected chi connectivity index (χ4v) is 3.27. The number of hydrogen-bond donors (Lipinski definition) is 1. The van der Waals surface area contributed by atoms with Gasteiger partial charge in [-0.1, -0.05) is 0 Å². The third kappa shape index (κ3) is 4.09. The summed E-state index contributed by atoms with van der Waals surface area (Å²) in [5.74, 6) is 0.496. The summed E-state index contributed by atoms with van der Waals surface area (Å²) in [6.07, 6.45) is 2.35. The number of rotatable bonds is 6. The summed E-state index contributed by atoms with van der Waals surface area (Å²) in [4.78, 5) is 4.59. The number of thiazole rings is 1. The van der Waals surface area contributed by atoms with E-state index in [2.05, 4.69) is 15.7 Å². The van der Waals surface area contributed by atoms with Crippen LogP contribution in [0.4, 0.5) is 4.39 Å². The SMILES string of the molecule is Fc1ccc(-c2nc(CNCCC3CCOC3)cs2)cc1. The van der Waals surface area contributed by atoms with E-state index in [4.69, 9.17) is 4.74 Å². The molecule has 1 unspecified atom stereocenters. The summed E-state index contributed by atoms with van der Waals surface area (Å²) < 4.78 is 18.3. The van der Waals surface area contributed by atoms with Gasteiger partial charge in [-0.15, -0.1) is 11.3 Å². The first-order chi connectivity index (χ1) is 10.3. The second-order valence-corrected chi connectivity index (χ2v) is 6.20. The van der Waals surface area contributed by atoms with Crippen LogP contribution >= 0.6 is 11.3 Å². The molecular formula is C16H19FN2OS. The molecule has 0 spiro atoms. The largest absolute Gasteiger partial charge is 0.381 e. The molecule has 112 valence electrons. The van der Waals surface area contributed by atoms with Crippen LogP contribution < -0.4 is 5.32 Å². The van der Waals surface area contributed by atoms with Crippen LogP contribution in [0.1, 0.15) is 18.5 Å². The lowest BCUT2D eigenvalue weighted by molar-refractivity contribution is 0.184. The Morgan fingerprint density at radius 3 is 2.95 bits per heavy atom. The lowest BCUT2D eigenvalue weighted by Gasteiger charge is -2.07. The van der Waals surface area contributed by atoms with E-state index < -0.39 is 0 Å². The van der Waals surface area contributed by atoms with E-state index in [-0.39, 0.29) is 5.82 Å². The van der Waals surface area contributed by atoms with E-state index >= 15 is 0 Å². The minimum absolute atomic E-state index is 0.215. The van der Waals surface area contributed by atoms with Gasteiger partial charge in [0.1, 0.15) is 10.8 Å². The van der Waals surface area contributed by atoms with Gasteiger partial charge in [0, 0.05) is 30.7 Å². The lowest BCUT2D eigenvalue weighted by Crippen LogP contribution is -2.18. The molecule has 0 bridgehead atoms. The van der Waals surface area contributed by atoms with E-state index in [1.165, 1.54) is 18.6 Å². The van der Waals surface area contributed by atoms with Crippen LogP contribution in [0.15, 0.2) is 29.6 Å². The summed E-state index contributed by atoms with van der Waals surface area (Å²) in [5, 5.41) is 6.43. The number of aromatic nitrogens is 1. The van der Waals surface area contributed by atoms with Crippen LogP contribution in [0.5, 0.6) is 0 Å². The quantitative estimate of drug-likeness (QED) is 0.830. The van der Waals surface area contributed by atoms with Gasteiger partial charge in [-0.05, 0) is 49.6 Å². The summed E-state index contributed by atoms with van der Waals surface area (Å²) in [6, 6.07) is 6.48. The Morgan fingerprint density at radius 2 is 2.19 bits per heavy atom. The topological polar surface area (TPSA) is 34.2 Å². The number of nitrogens with zero attached hydrogens (tertiary/aromatic N) is 1. The maximum Gasteiger partial charge on any atom is 0.123 e. The Bertz CT molecular complexity index is 564. The zero-order valence-electron chi connectivity index (χ0n) is 11.8. The van der Waals surface area contributed by atoms with Crippen LogP contribution in [-0.4, -0.2) is 24.7 Å². The van der Waals surface area contributed by atoms with Crippen LogP contribution in [0, 0.1) is 11.7 Å². The molecule has 0 aliphatic carbocycles. The molecule has 1 fully saturated rings. The second-order valence-electron chi connectivity index (χ2n) is 5.35. The van der Waals surface area contributed by atoms with Crippen molar-refractivity contribution in [2.75, 3.05) is 19.8 Å². The number of ether oxygens (including phenoxy) is 1. The molecule has 1 atom stereocenters. The summed E-state index contributed by atoms with van der Waals surface area (Å²) in [6.45, 7) is 3.60. The molecule has 0 radical (unpaired) electrons. The molecule has 1 aliphatic rings. The Hall–Kier alpha value is -1.30. The van der Waals surface area contributed by atoms with Crippen molar-refractivity contribution >= 4 is 11.3 Å². The van der Waals surface area contributed by atoms with Crippen molar-refractivity contribution in [3.05, 3.63) is 41.2 Å². The normalized spacial score (nSPS) is 18.2. The molecule has 2 aromatic rings. The first-order valence-corrected chi connectivity index (χ1v) is 8.18. The van der Waals surface area contributed by atoms with Gasteiger partial charge >= 0.3 is 0 Å². The first-order valence-electron chi connectivity index (χ1n) is 7.30. The maximum atomic E-state index is 12.9. The minimum atomic E-state index is -0.215. The summed E-state index contributed by atoms with van der Waals surface area (Å²) in [5.41, 5.74) is 2.01. The average molecular weight is 306 g/mol. The van der Waals surface area contributed by atoms with Gasteiger partial charge < -0.3 is 10.1 Å². The van der Waals surface area contributed by atoms with Crippen molar-refractivity contribution in [1.29, 1.82) is 0 Å². The monoisotopic (exact) mass is 306 g/mol. The highest BCUT2D eigenvalue weighted by Crippen LogP contribution is 2.23. The molecule has 1 aromatic carbocycles. The molecule has 1 saturated heterocycles. The van der Waals surface area contributed by atoms with Crippen molar-refractivity contribution in [3.63, 3.8) is 0 Å². The summed E-state index contributed by atoms with van der Waals surface area (Å²) >= 11 is 1.60. The number of hydrogen-bond acceptors (Lipinski definition) is 4. The summed E-state index contributed by atoms with van der Waals surface area (Å²) in [7, 11) is 0. The Kier molecular flexibility index (Phi) is 4.95. The van der Waals surface area contributed by atoms with E-state index in [1.54, 1.807) is 23.5 Å². The molecular weight excluding hydrogens is 287 g/mol. The molecule has 5 heteroatoms. The highest BCUT2D eigenvalue weighted by Gasteiger charge is 2.14. The minimum Gasteiger partial charge on any atom is -0.381 e. The number of benzene rings is 1. The van der Waals surface area contributed by atoms with E-state index in [0.717, 1.165) is 49.0 Å². The predicted octanol–water partition coefficient (Wildman–Crippen LogP) is 3.47. The van der Waals surface area contributed by atoms with Crippen LogP contribution in [-0.2, 0) is 11.3 Å². The van der Waals surface area contributed by atoms with E-state index in [1.807, 2.05) is 0 Å². The molecule has 3 nitrogen and oxygen atoms in total. The zero-order valence-corrected chi connectivity index (χ0v) is 12.7. The number of halogens is 1. The van der Waals surface area contributed by atoms with Gasteiger partial charge in [-0.25, -0.2) is 9.37 Å². The lowest BCUT2D eigenvalue weighted by atomic mass is 10.1.